The molecule has 0 saturated carbocycles. The first-order valence-electron chi connectivity index (χ1n) is 5.16. The Hall–Kier alpha value is -1.10. The molecular formula is C10H21N3O2. The Bertz CT molecular complexity index is 217. The number of amides is 2. The van der Waals surface area contributed by atoms with Crippen LogP contribution >= 0.6 is 0 Å². The van der Waals surface area contributed by atoms with Crippen LogP contribution in [-0.4, -0.2) is 38.5 Å². The summed E-state index contributed by atoms with van der Waals surface area (Å²) in [6.45, 7) is 4.26. The first kappa shape index (κ1) is 13.9. The Morgan fingerprint density at radius 2 is 1.80 bits per heavy atom. The Balaban J connectivity index is 4.24. The lowest BCUT2D eigenvalue weighted by atomic mass is 10.0. The van der Waals surface area contributed by atoms with Crippen molar-refractivity contribution >= 4 is 11.8 Å². The van der Waals surface area contributed by atoms with Gasteiger partial charge < -0.3 is 16.0 Å². The zero-order valence-electron chi connectivity index (χ0n) is 9.89. The van der Waals surface area contributed by atoms with E-state index in [1.807, 2.05) is 13.8 Å². The summed E-state index contributed by atoms with van der Waals surface area (Å²) in [6.07, 6.45) is 0.648. The average Bonchev–Trinajstić information content (AvgIpc) is 2.15. The van der Waals surface area contributed by atoms with Crippen LogP contribution in [0, 0.1) is 5.92 Å². The minimum atomic E-state index is -0.434. The molecule has 0 aromatic heterocycles. The number of likely N-dealkylation sites (N-methyl/N-ethyl adjacent to an activating group) is 2. The van der Waals surface area contributed by atoms with Crippen LogP contribution in [0.2, 0.25) is 0 Å². The summed E-state index contributed by atoms with van der Waals surface area (Å²) in [5, 5.41) is 7.97. The van der Waals surface area contributed by atoms with Crippen LogP contribution in [0.3, 0.4) is 0 Å². The molecule has 15 heavy (non-hydrogen) atoms. The summed E-state index contributed by atoms with van der Waals surface area (Å²) in [5.74, 6) is 0.0575. The van der Waals surface area contributed by atoms with Crippen molar-refractivity contribution in [3.63, 3.8) is 0 Å². The molecule has 0 fully saturated rings. The lowest BCUT2D eigenvalue weighted by molar-refractivity contribution is -0.128. The van der Waals surface area contributed by atoms with Gasteiger partial charge in [0.1, 0.15) is 6.04 Å². The first-order valence-corrected chi connectivity index (χ1v) is 5.16. The van der Waals surface area contributed by atoms with Gasteiger partial charge in [0.2, 0.25) is 11.8 Å². The molecule has 1 atom stereocenters. The molecule has 0 aliphatic rings. The van der Waals surface area contributed by atoms with Crippen molar-refractivity contribution in [2.75, 3.05) is 20.6 Å². The van der Waals surface area contributed by atoms with Crippen LogP contribution in [-0.2, 0) is 9.59 Å². The molecule has 5 heteroatoms. The summed E-state index contributed by atoms with van der Waals surface area (Å²) < 4.78 is 0. The van der Waals surface area contributed by atoms with Gasteiger partial charge in [-0.25, -0.2) is 0 Å². The van der Waals surface area contributed by atoms with Gasteiger partial charge in [-0.05, 0) is 19.4 Å². The van der Waals surface area contributed by atoms with Gasteiger partial charge in [0.15, 0.2) is 0 Å². The van der Waals surface area contributed by atoms with Crippen LogP contribution in [0.4, 0.5) is 0 Å². The van der Waals surface area contributed by atoms with Crippen molar-refractivity contribution in [1.82, 2.24) is 16.0 Å². The highest BCUT2D eigenvalue weighted by Crippen LogP contribution is 2.04. The van der Waals surface area contributed by atoms with E-state index in [-0.39, 0.29) is 18.4 Å². The zero-order valence-corrected chi connectivity index (χ0v) is 9.89. The Labute approximate surface area is 91.0 Å². The third-order valence-corrected chi connectivity index (χ3v) is 1.94. The highest BCUT2D eigenvalue weighted by molar-refractivity contribution is 5.88. The second kappa shape index (κ2) is 7.23. The molecule has 0 saturated heterocycles. The number of rotatable bonds is 6. The van der Waals surface area contributed by atoms with E-state index in [9.17, 15) is 9.59 Å². The predicted molar refractivity (Wildman–Crippen MR) is 59.4 cm³/mol. The third kappa shape index (κ3) is 6.06. The van der Waals surface area contributed by atoms with Crippen molar-refractivity contribution in [3.05, 3.63) is 0 Å². The number of hydrogen-bond acceptors (Lipinski definition) is 3. The van der Waals surface area contributed by atoms with Gasteiger partial charge in [0.05, 0.1) is 6.54 Å². The minimum absolute atomic E-state index is 0.145. The Kier molecular flexibility index (Phi) is 6.70. The monoisotopic (exact) mass is 215 g/mol. The molecule has 0 aromatic rings. The molecule has 3 N–H and O–H groups in total. The molecule has 2 amide bonds. The fraction of sp³-hybridized carbons (Fsp3) is 0.800. The van der Waals surface area contributed by atoms with E-state index in [2.05, 4.69) is 16.0 Å². The molecule has 0 radical (unpaired) electrons. The summed E-state index contributed by atoms with van der Waals surface area (Å²) in [5.41, 5.74) is 0. The van der Waals surface area contributed by atoms with Gasteiger partial charge in [-0.3, -0.25) is 9.59 Å². The second-order valence-corrected chi connectivity index (χ2v) is 3.89. The van der Waals surface area contributed by atoms with E-state index in [1.165, 1.54) is 0 Å². The molecule has 0 aromatic carbocycles. The predicted octanol–water partition coefficient (Wildman–Crippen LogP) is -0.517. The lowest BCUT2D eigenvalue weighted by Gasteiger charge is -2.18. The average molecular weight is 215 g/mol. The molecule has 0 heterocycles. The molecular weight excluding hydrogens is 194 g/mol. The highest BCUT2D eigenvalue weighted by atomic mass is 16.2. The number of carbonyl (C=O) groups excluding carboxylic acids is 2. The maximum absolute atomic E-state index is 11.4. The SMILES string of the molecule is CNCC(=O)NC(CC(C)C)C(=O)NC. The van der Waals surface area contributed by atoms with Gasteiger partial charge in [0, 0.05) is 7.05 Å². The van der Waals surface area contributed by atoms with E-state index in [1.54, 1.807) is 14.1 Å². The minimum Gasteiger partial charge on any atom is -0.357 e. The van der Waals surface area contributed by atoms with Crippen molar-refractivity contribution in [3.8, 4) is 0 Å². The fourth-order valence-electron chi connectivity index (χ4n) is 1.28. The summed E-state index contributed by atoms with van der Waals surface area (Å²) in [6, 6.07) is -0.434. The smallest absolute Gasteiger partial charge is 0.242 e. The van der Waals surface area contributed by atoms with Gasteiger partial charge in [-0.2, -0.15) is 0 Å². The van der Waals surface area contributed by atoms with Gasteiger partial charge in [-0.1, -0.05) is 13.8 Å². The third-order valence-electron chi connectivity index (χ3n) is 1.94. The maximum atomic E-state index is 11.4. The maximum Gasteiger partial charge on any atom is 0.242 e. The molecule has 0 rings (SSSR count). The topological polar surface area (TPSA) is 70.2 Å². The lowest BCUT2D eigenvalue weighted by Crippen LogP contribution is -2.48. The number of hydrogen-bond donors (Lipinski definition) is 3. The van der Waals surface area contributed by atoms with Crippen LogP contribution < -0.4 is 16.0 Å². The van der Waals surface area contributed by atoms with Gasteiger partial charge >= 0.3 is 0 Å². The van der Waals surface area contributed by atoms with Crippen molar-refractivity contribution < 1.29 is 9.59 Å². The normalized spacial score (nSPS) is 12.3. The quantitative estimate of drug-likeness (QED) is 0.558. The number of carbonyl (C=O) groups is 2. The molecule has 0 aliphatic heterocycles. The van der Waals surface area contributed by atoms with Crippen LogP contribution in [0.25, 0.3) is 0 Å². The first-order chi connectivity index (χ1) is 7.01. The van der Waals surface area contributed by atoms with Gasteiger partial charge in [-0.15, -0.1) is 0 Å². The summed E-state index contributed by atoms with van der Waals surface area (Å²) >= 11 is 0. The number of nitrogens with one attached hydrogen (secondary N) is 3. The molecule has 88 valence electrons. The standard InChI is InChI=1S/C10H21N3O2/c1-7(2)5-8(10(15)12-4)13-9(14)6-11-3/h7-8,11H,5-6H2,1-4H3,(H,12,15)(H,13,14). The zero-order chi connectivity index (χ0) is 11.8. The van der Waals surface area contributed by atoms with E-state index in [0.29, 0.717) is 12.3 Å². The molecule has 0 bridgehead atoms. The summed E-state index contributed by atoms with van der Waals surface area (Å²) in [4.78, 5) is 22.7. The van der Waals surface area contributed by atoms with Gasteiger partial charge in [0.25, 0.3) is 0 Å². The molecule has 0 aliphatic carbocycles. The molecule has 0 spiro atoms. The van der Waals surface area contributed by atoms with Crippen molar-refractivity contribution in [1.29, 1.82) is 0 Å². The molecule has 1 unspecified atom stereocenters. The van der Waals surface area contributed by atoms with E-state index in [4.69, 9.17) is 0 Å². The Morgan fingerprint density at radius 1 is 1.20 bits per heavy atom. The van der Waals surface area contributed by atoms with Crippen molar-refractivity contribution in [2.24, 2.45) is 5.92 Å². The van der Waals surface area contributed by atoms with Crippen molar-refractivity contribution in [2.45, 2.75) is 26.3 Å². The summed E-state index contributed by atoms with van der Waals surface area (Å²) in [7, 11) is 3.26. The van der Waals surface area contributed by atoms with Crippen LogP contribution in [0.1, 0.15) is 20.3 Å². The second-order valence-electron chi connectivity index (χ2n) is 3.89. The highest BCUT2D eigenvalue weighted by Gasteiger charge is 2.20. The molecule has 5 nitrogen and oxygen atoms in total. The van der Waals surface area contributed by atoms with E-state index >= 15 is 0 Å². The Morgan fingerprint density at radius 3 is 2.20 bits per heavy atom. The van der Waals surface area contributed by atoms with E-state index in [0.717, 1.165) is 0 Å². The van der Waals surface area contributed by atoms with Crippen LogP contribution in [0.15, 0.2) is 0 Å². The van der Waals surface area contributed by atoms with Crippen LogP contribution in [0.5, 0.6) is 0 Å². The fourth-order valence-corrected chi connectivity index (χ4v) is 1.28. The van der Waals surface area contributed by atoms with E-state index < -0.39 is 6.04 Å². The largest absolute Gasteiger partial charge is 0.357 e.